The molecule has 0 saturated heterocycles. The molecule has 1 rings (SSSR count). The van der Waals surface area contributed by atoms with Crippen molar-refractivity contribution in [3.05, 3.63) is 28.3 Å². The molecule has 1 N–H and O–H groups in total. The third-order valence-corrected chi connectivity index (χ3v) is 4.28. The van der Waals surface area contributed by atoms with Crippen LogP contribution in [0.25, 0.3) is 0 Å². The minimum absolute atomic E-state index is 0.478. The van der Waals surface area contributed by atoms with Crippen LogP contribution in [0.5, 0.6) is 5.75 Å². The van der Waals surface area contributed by atoms with Crippen LogP contribution in [0, 0.1) is 20.8 Å². The van der Waals surface area contributed by atoms with Gasteiger partial charge in [0.05, 0.1) is 0 Å². The van der Waals surface area contributed by atoms with E-state index in [1.54, 1.807) is 0 Å². The number of carboxylic acid groups (broad SMARTS) is 1. The van der Waals surface area contributed by atoms with E-state index in [0.717, 1.165) is 24.0 Å². The molecule has 3 heteroatoms. The summed E-state index contributed by atoms with van der Waals surface area (Å²) in [6.45, 7) is 8.28. The molecule has 0 unspecified atom stereocenters. The van der Waals surface area contributed by atoms with Crippen LogP contribution in [0.3, 0.4) is 0 Å². The zero-order valence-electron chi connectivity index (χ0n) is 13.8. The van der Waals surface area contributed by atoms with E-state index >= 15 is 0 Å². The van der Waals surface area contributed by atoms with Crippen molar-refractivity contribution in [3.63, 3.8) is 0 Å². The number of unbranched alkanes of at least 4 members (excludes halogenated alkanes) is 5. The van der Waals surface area contributed by atoms with Gasteiger partial charge in [0.25, 0.3) is 0 Å². The van der Waals surface area contributed by atoms with Gasteiger partial charge in [-0.15, -0.1) is 0 Å². The molecule has 0 aliphatic rings. The van der Waals surface area contributed by atoms with Gasteiger partial charge in [0, 0.05) is 0 Å². The Morgan fingerprint density at radius 2 is 1.62 bits per heavy atom. The van der Waals surface area contributed by atoms with E-state index in [9.17, 15) is 4.79 Å². The Kier molecular flexibility index (Phi) is 7.27. The molecule has 0 aliphatic heterocycles. The van der Waals surface area contributed by atoms with Gasteiger partial charge in [0.15, 0.2) is 0 Å². The molecule has 0 heterocycles. The lowest BCUT2D eigenvalue weighted by Gasteiger charge is -2.15. The molecule has 1 aromatic rings. The second-order valence-electron chi connectivity index (χ2n) is 5.79. The summed E-state index contributed by atoms with van der Waals surface area (Å²) in [6.07, 6.45) is 7.33. The minimum Gasteiger partial charge on any atom is -0.449 e. The predicted molar refractivity (Wildman–Crippen MR) is 86.4 cm³/mol. The Balaban J connectivity index is 2.68. The molecule has 0 radical (unpaired) electrons. The minimum atomic E-state index is -1.24. The second kappa shape index (κ2) is 8.71. The van der Waals surface area contributed by atoms with E-state index in [1.165, 1.54) is 43.2 Å². The maximum atomic E-state index is 10.8. The number of ether oxygens (including phenoxy) is 1. The van der Waals surface area contributed by atoms with Crippen LogP contribution in [0.2, 0.25) is 0 Å². The summed E-state index contributed by atoms with van der Waals surface area (Å²) in [7, 11) is 0. The van der Waals surface area contributed by atoms with Crippen molar-refractivity contribution in [3.8, 4) is 5.75 Å². The quantitative estimate of drug-likeness (QED) is 0.387. The average molecular weight is 292 g/mol. The van der Waals surface area contributed by atoms with Gasteiger partial charge in [-0.05, 0) is 61.9 Å². The summed E-state index contributed by atoms with van der Waals surface area (Å²) >= 11 is 0. The summed E-state index contributed by atoms with van der Waals surface area (Å²) in [6, 6.07) is 1.90. The summed E-state index contributed by atoms with van der Waals surface area (Å²) in [5.41, 5.74) is 4.53. The Hall–Kier alpha value is -1.51. The third kappa shape index (κ3) is 5.41. The highest BCUT2D eigenvalue weighted by atomic mass is 16.7. The molecule has 0 aliphatic carbocycles. The van der Waals surface area contributed by atoms with Crippen molar-refractivity contribution in [1.29, 1.82) is 0 Å². The van der Waals surface area contributed by atoms with Gasteiger partial charge in [0.1, 0.15) is 5.75 Å². The first kappa shape index (κ1) is 17.5. The number of aryl methyl sites for hydroxylation is 1. The number of carbonyl (C=O) groups is 1. The van der Waals surface area contributed by atoms with E-state index < -0.39 is 6.16 Å². The van der Waals surface area contributed by atoms with Crippen molar-refractivity contribution in [2.75, 3.05) is 0 Å². The molecule has 118 valence electrons. The van der Waals surface area contributed by atoms with Gasteiger partial charge >= 0.3 is 6.16 Å². The summed E-state index contributed by atoms with van der Waals surface area (Å²) < 4.78 is 4.90. The summed E-state index contributed by atoms with van der Waals surface area (Å²) in [4.78, 5) is 10.8. The van der Waals surface area contributed by atoms with Crippen LogP contribution in [-0.4, -0.2) is 11.3 Å². The van der Waals surface area contributed by atoms with Crippen LogP contribution in [0.15, 0.2) is 6.07 Å². The Morgan fingerprint density at radius 3 is 2.24 bits per heavy atom. The highest BCUT2D eigenvalue weighted by Crippen LogP contribution is 2.28. The number of hydrogen-bond donors (Lipinski definition) is 1. The Morgan fingerprint density at radius 1 is 1.00 bits per heavy atom. The van der Waals surface area contributed by atoms with Gasteiger partial charge in [0.2, 0.25) is 0 Å². The zero-order valence-corrected chi connectivity index (χ0v) is 13.8. The van der Waals surface area contributed by atoms with Crippen LogP contribution in [0.1, 0.15) is 67.7 Å². The Labute approximate surface area is 128 Å². The number of benzene rings is 1. The second-order valence-corrected chi connectivity index (χ2v) is 5.79. The summed E-state index contributed by atoms with van der Waals surface area (Å²) in [5, 5.41) is 8.82. The van der Waals surface area contributed by atoms with Crippen molar-refractivity contribution >= 4 is 6.16 Å². The lowest BCUT2D eigenvalue weighted by Crippen LogP contribution is -2.07. The fourth-order valence-electron chi connectivity index (χ4n) is 2.64. The van der Waals surface area contributed by atoms with E-state index in [1.807, 2.05) is 19.9 Å². The van der Waals surface area contributed by atoms with Crippen LogP contribution >= 0.6 is 0 Å². The monoisotopic (exact) mass is 292 g/mol. The molecule has 0 amide bonds. The topological polar surface area (TPSA) is 46.5 Å². The molecular weight excluding hydrogens is 264 g/mol. The lowest BCUT2D eigenvalue weighted by molar-refractivity contribution is 0.144. The van der Waals surface area contributed by atoms with Crippen LogP contribution < -0.4 is 4.74 Å². The fourth-order valence-corrected chi connectivity index (χ4v) is 2.64. The molecule has 0 atom stereocenters. The van der Waals surface area contributed by atoms with Crippen LogP contribution in [0.4, 0.5) is 4.79 Å². The molecule has 0 bridgehead atoms. The maximum absolute atomic E-state index is 10.8. The lowest BCUT2D eigenvalue weighted by atomic mass is 9.94. The molecule has 0 saturated carbocycles. The highest BCUT2D eigenvalue weighted by molar-refractivity contribution is 5.63. The molecule has 0 fully saturated rings. The molecule has 21 heavy (non-hydrogen) atoms. The van der Waals surface area contributed by atoms with Crippen LogP contribution in [-0.2, 0) is 6.42 Å². The molecule has 1 aromatic carbocycles. The molecule has 0 aromatic heterocycles. The van der Waals surface area contributed by atoms with Gasteiger partial charge in [-0.1, -0.05) is 39.0 Å². The molecule has 0 spiro atoms. The van der Waals surface area contributed by atoms with Crippen molar-refractivity contribution in [2.45, 2.75) is 72.6 Å². The smallest absolute Gasteiger partial charge is 0.449 e. The van der Waals surface area contributed by atoms with Crippen molar-refractivity contribution in [1.82, 2.24) is 0 Å². The first-order valence-corrected chi connectivity index (χ1v) is 7.97. The SMILES string of the molecule is CCCCCCCCc1cc(OC(=O)O)c(C)c(C)c1C. The molecule has 3 nitrogen and oxygen atoms in total. The van der Waals surface area contributed by atoms with Gasteiger partial charge < -0.3 is 9.84 Å². The van der Waals surface area contributed by atoms with Gasteiger partial charge in [-0.25, -0.2) is 4.79 Å². The highest BCUT2D eigenvalue weighted by Gasteiger charge is 2.12. The average Bonchev–Trinajstić information content (AvgIpc) is 2.44. The van der Waals surface area contributed by atoms with Gasteiger partial charge in [-0.2, -0.15) is 0 Å². The number of hydrogen-bond acceptors (Lipinski definition) is 2. The Bertz CT molecular complexity index is 478. The van der Waals surface area contributed by atoms with Crippen molar-refractivity contribution < 1.29 is 14.6 Å². The normalized spacial score (nSPS) is 10.7. The fraction of sp³-hybridized carbons (Fsp3) is 0.611. The molecular formula is C18H28O3. The first-order valence-electron chi connectivity index (χ1n) is 7.97. The maximum Gasteiger partial charge on any atom is 0.511 e. The predicted octanol–water partition coefficient (Wildman–Crippen LogP) is 5.57. The third-order valence-electron chi connectivity index (χ3n) is 4.28. The zero-order chi connectivity index (χ0) is 15.8. The van der Waals surface area contributed by atoms with E-state index in [2.05, 4.69) is 13.8 Å². The van der Waals surface area contributed by atoms with Crippen molar-refractivity contribution in [2.24, 2.45) is 0 Å². The number of rotatable bonds is 8. The first-order chi connectivity index (χ1) is 9.97. The summed E-state index contributed by atoms with van der Waals surface area (Å²) in [5.74, 6) is 0.478. The standard InChI is InChI=1S/C18H28O3/c1-5-6-7-8-9-10-11-16-12-17(21-18(19)20)15(4)13(2)14(16)3/h12H,5-11H2,1-4H3,(H,19,20). The van der Waals surface area contributed by atoms with E-state index in [-0.39, 0.29) is 0 Å². The van der Waals surface area contributed by atoms with E-state index in [0.29, 0.717) is 5.75 Å². The largest absolute Gasteiger partial charge is 0.511 e. The van der Waals surface area contributed by atoms with E-state index in [4.69, 9.17) is 9.84 Å². The van der Waals surface area contributed by atoms with Gasteiger partial charge in [-0.3, -0.25) is 0 Å².